The molecule has 0 aromatic heterocycles. The molecule has 56 valence electrons. The Hall–Kier alpha value is -1.57. The van der Waals surface area contributed by atoms with Crippen LogP contribution in [0, 0.1) is 0 Å². The van der Waals surface area contributed by atoms with Crippen molar-refractivity contribution in [2.75, 3.05) is 0 Å². The van der Waals surface area contributed by atoms with Crippen LogP contribution in [-0.2, 0) is 0 Å². The van der Waals surface area contributed by atoms with Crippen molar-refractivity contribution in [1.82, 2.24) is 0 Å². The van der Waals surface area contributed by atoms with Crippen LogP contribution in [0.15, 0.2) is 30.5 Å². The van der Waals surface area contributed by atoms with Gasteiger partial charge in [0.1, 0.15) is 0 Å². The van der Waals surface area contributed by atoms with Gasteiger partial charge in [-0.25, -0.2) is 0 Å². The number of benzene rings is 1. The Kier molecular flexibility index (Phi) is 2.44. The Morgan fingerprint density at radius 3 is 2.36 bits per heavy atom. The van der Waals surface area contributed by atoms with Gasteiger partial charge in [0.2, 0.25) is 0 Å². The molecule has 0 aliphatic heterocycles. The predicted molar refractivity (Wildman–Crippen MR) is 43.5 cm³/mol. The van der Waals surface area contributed by atoms with Crippen LogP contribution >= 0.6 is 0 Å². The van der Waals surface area contributed by atoms with Crippen molar-refractivity contribution in [2.45, 2.75) is 0 Å². The first-order chi connectivity index (χ1) is 5.38. The first-order valence-corrected chi connectivity index (χ1v) is 3.23. The molecule has 2 heteroatoms. The molecule has 0 bridgehead atoms. The second-order valence-electron chi connectivity index (χ2n) is 2.06. The lowest BCUT2D eigenvalue weighted by atomic mass is 10.1. The fourth-order valence-corrected chi connectivity index (χ4v) is 0.850. The van der Waals surface area contributed by atoms with E-state index in [1.165, 1.54) is 6.08 Å². The maximum Gasteiger partial charge on any atom is 0.150 e. The van der Waals surface area contributed by atoms with Gasteiger partial charge in [-0.3, -0.25) is 4.79 Å². The third-order valence-corrected chi connectivity index (χ3v) is 1.38. The molecule has 0 unspecified atom stereocenters. The number of carbonyl (C=O) groups is 1. The molecule has 0 aliphatic carbocycles. The zero-order chi connectivity index (χ0) is 8.10. The van der Waals surface area contributed by atoms with E-state index in [0.29, 0.717) is 5.56 Å². The van der Waals surface area contributed by atoms with Crippen LogP contribution in [0.4, 0.5) is 0 Å². The molecule has 0 saturated heterocycles. The molecular formula is C9H8O2. The summed E-state index contributed by atoms with van der Waals surface area (Å²) in [6, 6.07) is 7.04. The van der Waals surface area contributed by atoms with E-state index in [0.717, 1.165) is 18.1 Å². The molecule has 1 aromatic rings. The lowest BCUT2D eigenvalue weighted by Gasteiger charge is -1.94. The second kappa shape index (κ2) is 3.56. The van der Waals surface area contributed by atoms with Gasteiger partial charge in [0.25, 0.3) is 0 Å². The van der Waals surface area contributed by atoms with E-state index in [-0.39, 0.29) is 0 Å². The highest BCUT2D eigenvalue weighted by Crippen LogP contribution is 2.07. The van der Waals surface area contributed by atoms with E-state index in [1.54, 1.807) is 18.2 Å². The third-order valence-electron chi connectivity index (χ3n) is 1.38. The van der Waals surface area contributed by atoms with Crippen LogP contribution in [-0.4, -0.2) is 11.4 Å². The number of aliphatic hydroxyl groups is 1. The van der Waals surface area contributed by atoms with Crippen LogP contribution in [0.5, 0.6) is 0 Å². The van der Waals surface area contributed by atoms with Gasteiger partial charge < -0.3 is 5.11 Å². The van der Waals surface area contributed by atoms with Crippen molar-refractivity contribution in [1.29, 1.82) is 0 Å². The van der Waals surface area contributed by atoms with Crippen LogP contribution < -0.4 is 0 Å². The van der Waals surface area contributed by atoms with Crippen LogP contribution in [0.2, 0.25) is 0 Å². The topological polar surface area (TPSA) is 37.3 Å². The third kappa shape index (κ3) is 1.67. The quantitative estimate of drug-likeness (QED) is 0.514. The largest absolute Gasteiger partial charge is 0.516 e. The Bertz CT molecular complexity index is 277. The first kappa shape index (κ1) is 7.54. The maximum absolute atomic E-state index is 10.4. The van der Waals surface area contributed by atoms with Crippen molar-refractivity contribution in [3.05, 3.63) is 41.7 Å². The SMILES string of the molecule is O=Cc1ccccc1/C=C/O. The molecule has 0 amide bonds. The molecule has 0 fully saturated rings. The van der Waals surface area contributed by atoms with Gasteiger partial charge in [0.05, 0.1) is 6.26 Å². The zero-order valence-corrected chi connectivity index (χ0v) is 5.90. The van der Waals surface area contributed by atoms with E-state index in [4.69, 9.17) is 5.11 Å². The molecule has 1 rings (SSSR count). The van der Waals surface area contributed by atoms with Crippen molar-refractivity contribution in [3.8, 4) is 0 Å². The molecule has 11 heavy (non-hydrogen) atoms. The van der Waals surface area contributed by atoms with Crippen molar-refractivity contribution >= 4 is 12.4 Å². The Morgan fingerprint density at radius 2 is 1.82 bits per heavy atom. The summed E-state index contributed by atoms with van der Waals surface area (Å²) in [6.07, 6.45) is 3.15. The highest BCUT2D eigenvalue weighted by Gasteiger charge is 1.93. The summed E-state index contributed by atoms with van der Waals surface area (Å²) in [5.74, 6) is 0. The van der Waals surface area contributed by atoms with E-state index < -0.39 is 0 Å². The van der Waals surface area contributed by atoms with Gasteiger partial charge >= 0.3 is 0 Å². The summed E-state index contributed by atoms with van der Waals surface area (Å²) in [7, 11) is 0. The summed E-state index contributed by atoms with van der Waals surface area (Å²) in [5, 5.41) is 8.44. The minimum Gasteiger partial charge on any atom is -0.516 e. The van der Waals surface area contributed by atoms with E-state index in [2.05, 4.69) is 0 Å². The van der Waals surface area contributed by atoms with Gasteiger partial charge in [-0.05, 0) is 11.6 Å². The number of hydrogen-bond acceptors (Lipinski definition) is 2. The molecule has 1 N–H and O–H groups in total. The number of carbonyl (C=O) groups excluding carboxylic acids is 1. The van der Waals surface area contributed by atoms with Gasteiger partial charge in [0.15, 0.2) is 6.29 Å². The zero-order valence-electron chi connectivity index (χ0n) is 5.90. The number of aldehydes is 1. The van der Waals surface area contributed by atoms with Gasteiger partial charge in [-0.1, -0.05) is 24.3 Å². The lowest BCUT2D eigenvalue weighted by molar-refractivity contribution is 0.112. The molecule has 0 aliphatic rings. The molecular weight excluding hydrogens is 140 g/mol. The van der Waals surface area contributed by atoms with Crippen LogP contribution in [0.25, 0.3) is 6.08 Å². The minimum absolute atomic E-state index is 0.581. The Morgan fingerprint density at radius 1 is 1.18 bits per heavy atom. The van der Waals surface area contributed by atoms with E-state index >= 15 is 0 Å². The fraction of sp³-hybridized carbons (Fsp3) is 0. The molecule has 1 aromatic carbocycles. The van der Waals surface area contributed by atoms with Gasteiger partial charge in [-0.15, -0.1) is 0 Å². The average molecular weight is 148 g/mol. The highest BCUT2D eigenvalue weighted by molar-refractivity contribution is 5.81. The smallest absolute Gasteiger partial charge is 0.150 e. The first-order valence-electron chi connectivity index (χ1n) is 3.23. The van der Waals surface area contributed by atoms with Gasteiger partial charge in [0, 0.05) is 5.56 Å². The molecule has 0 heterocycles. The maximum atomic E-state index is 10.4. The number of rotatable bonds is 2. The van der Waals surface area contributed by atoms with E-state index in [1.807, 2.05) is 6.07 Å². The molecule has 2 nitrogen and oxygen atoms in total. The second-order valence-corrected chi connectivity index (χ2v) is 2.06. The predicted octanol–water partition coefficient (Wildman–Crippen LogP) is 2.03. The standard InChI is InChI=1S/C9H8O2/c10-6-5-8-3-1-2-4-9(8)7-11/h1-7,10H/b6-5+. The van der Waals surface area contributed by atoms with Crippen LogP contribution in [0.3, 0.4) is 0 Å². The summed E-state index contributed by atoms with van der Waals surface area (Å²) in [4.78, 5) is 10.4. The van der Waals surface area contributed by atoms with Crippen molar-refractivity contribution in [2.24, 2.45) is 0 Å². The molecule has 0 saturated carbocycles. The number of hydrogen-bond donors (Lipinski definition) is 1. The molecule has 0 atom stereocenters. The summed E-state index contributed by atoms with van der Waals surface area (Å²) in [5.41, 5.74) is 1.31. The Balaban J connectivity index is 3.11. The van der Waals surface area contributed by atoms with E-state index in [9.17, 15) is 4.79 Å². The lowest BCUT2D eigenvalue weighted by Crippen LogP contribution is -1.83. The summed E-state index contributed by atoms with van der Waals surface area (Å²) >= 11 is 0. The molecule has 0 spiro atoms. The highest BCUT2D eigenvalue weighted by atomic mass is 16.2. The van der Waals surface area contributed by atoms with Gasteiger partial charge in [-0.2, -0.15) is 0 Å². The monoisotopic (exact) mass is 148 g/mol. The van der Waals surface area contributed by atoms with Crippen molar-refractivity contribution < 1.29 is 9.90 Å². The minimum atomic E-state index is 0.581. The molecule has 0 radical (unpaired) electrons. The number of aliphatic hydroxyl groups excluding tert-OH is 1. The van der Waals surface area contributed by atoms with Crippen molar-refractivity contribution in [3.63, 3.8) is 0 Å². The average Bonchev–Trinajstić information content (AvgIpc) is 2.06. The summed E-state index contributed by atoms with van der Waals surface area (Å²) in [6.45, 7) is 0. The Labute approximate surface area is 64.8 Å². The normalized spacial score (nSPS) is 10.2. The van der Waals surface area contributed by atoms with Crippen LogP contribution in [0.1, 0.15) is 15.9 Å². The summed E-state index contributed by atoms with van der Waals surface area (Å²) < 4.78 is 0. The fourth-order valence-electron chi connectivity index (χ4n) is 0.850.